The highest BCUT2D eigenvalue weighted by Crippen LogP contribution is 2.31. The highest BCUT2D eigenvalue weighted by Gasteiger charge is 2.28. The van der Waals surface area contributed by atoms with Crippen molar-refractivity contribution < 1.29 is 13.2 Å². The van der Waals surface area contributed by atoms with Gasteiger partial charge in [-0.25, -0.2) is 13.1 Å². The van der Waals surface area contributed by atoms with Crippen LogP contribution in [0.25, 0.3) is 0 Å². The molecule has 1 aromatic carbocycles. The van der Waals surface area contributed by atoms with Gasteiger partial charge in [0.2, 0.25) is 10.0 Å². The Bertz CT molecular complexity index is 585. The zero-order valence-corrected chi connectivity index (χ0v) is 12.7. The monoisotopic (exact) mass is 311 g/mol. The van der Waals surface area contributed by atoms with Crippen molar-refractivity contribution in [2.24, 2.45) is 0 Å². The summed E-state index contributed by atoms with van der Waals surface area (Å²) in [7, 11) is -3.30. The van der Waals surface area contributed by atoms with Gasteiger partial charge in [0.1, 0.15) is 12.4 Å². The van der Waals surface area contributed by atoms with Crippen molar-refractivity contribution in [2.45, 2.75) is 6.04 Å². The van der Waals surface area contributed by atoms with Gasteiger partial charge < -0.3 is 10.1 Å². The molecule has 0 radical (unpaired) electrons. The molecule has 6 nitrogen and oxygen atoms in total. The minimum atomic E-state index is -3.30. The Morgan fingerprint density at radius 2 is 2.05 bits per heavy atom. The topological polar surface area (TPSA) is 70.7 Å². The molecule has 1 aromatic rings. The predicted octanol–water partition coefficient (Wildman–Crippen LogP) is -0.0553. The first kappa shape index (κ1) is 14.8. The zero-order chi connectivity index (χ0) is 14.7. The molecule has 21 heavy (non-hydrogen) atoms. The summed E-state index contributed by atoms with van der Waals surface area (Å²) in [5.41, 5.74) is 0.920. The van der Waals surface area contributed by atoms with Crippen LogP contribution in [0.4, 0.5) is 0 Å². The number of para-hydroxylation sites is 1. The Morgan fingerprint density at radius 3 is 2.86 bits per heavy atom. The van der Waals surface area contributed by atoms with E-state index in [2.05, 4.69) is 14.9 Å². The summed E-state index contributed by atoms with van der Waals surface area (Å²) >= 11 is 0. The number of hydrogen-bond donors (Lipinski definition) is 2. The molecule has 0 bridgehead atoms. The lowest BCUT2D eigenvalue weighted by molar-refractivity contribution is 0.253. The summed E-state index contributed by atoms with van der Waals surface area (Å²) in [6.45, 7) is 4.61. The lowest BCUT2D eigenvalue weighted by atomic mass is 10.1. The number of hydrogen-bond acceptors (Lipinski definition) is 5. The molecule has 0 amide bonds. The van der Waals surface area contributed by atoms with Gasteiger partial charge in [-0.2, -0.15) is 0 Å². The number of piperazine rings is 1. The van der Waals surface area contributed by atoms with Gasteiger partial charge in [-0.1, -0.05) is 18.2 Å². The Kier molecular flexibility index (Phi) is 4.44. The second kappa shape index (κ2) is 6.31. The average molecular weight is 311 g/mol. The first-order chi connectivity index (χ1) is 10.1. The molecule has 0 saturated carbocycles. The zero-order valence-electron chi connectivity index (χ0n) is 11.9. The van der Waals surface area contributed by atoms with Crippen LogP contribution in [-0.2, 0) is 10.0 Å². The molecule has 1 atom stereocenters. The maximum atomic E-state index is 12.2. The molecule has 2 aliphatic rings. The van der Waals surface area contributed by atoms with Gasteiger partial charge in [-0.05, 0) is 6.07 Å². The van der Waals surface area contributed by atoms with E-state index in [-0.39, 0.29) is 11.8 Å². The molecule has 7 heteroatoms. The van der Waals surface area contributed by atoms with E-state index >= 15 is 0 Å². The molecule has 2 heterocycles. The van der Waals surface area contributed by atoms with Gasteiger partial charge in [-0.15, -0.1) is 0 Å². The summed E-state index contributed by atoms with van der Waals surface area (Å²) in [5.74, 6) is 0.901. The molecule has 1 unspecified atom stereocenters. The van der Waals surface area contributed by atoms with Gasteiger partial charge >= 0.3 is 0 Å². The molecule has 3 rings (SSSR count). The fourth-order valence-electron chi connectivity index (χ4n) is 2.72. The van der Waals surface area contributed by atoms with Gasteiger partial charge in [0.15, 0.2) is 0 Å². The number of rotatable bonds is 5. The van der Waals surface area contributed by atoms with Crippen LogP contribution >= 0.6 is 0 Å². The third-order valence-electron chi connectivity index (χ3n) is 3.91. The first-order valence-corrected chi connectivity index (χ1v) is 8.94. The molecule has 116 valence electrons. The van der Waals surface area contributed by atoms with Crippen molar-refractivity contribution in [2.75, 3.05) is 45.1 Å². The van der Waals surface area contributed by atoms with E-state index in [1.54, 1.807) is 0 Å². The van der Waals surface area contributed by atoms with Crippen LogP contribution in [0.5, 0.6) is 5.75 Å². The fraction of sp³-hybridized carbons (Fsp3) is 0.571. The van der Waals surface area contributed by atoms with Gasteiger partial charge in [0, 0.05) is 38.3 Å². The molecular weight excluding hydrogens is 290 g/mol. The standard InChI is InChI=1S/C14H21N3O3S/c18-21(19,10-9-17-7-5-15-6-8-17)16-13-11-20-14-4-2-1-3-12(13)14/h1-4,13,15-16H,5-11H2. The first-order valence-electron chi connectivity index (χ1n) is 7.29. The third-order valence-corrected chi connectivity index (χ3v) is 5.27. The van der Waals surface area contributed by atoms with Crippen LogP contribution < -0.4 is 14.8 Å². The maximum Gasteiger partial charge on any atom is 0.213 e. The number of sulfonamides is 1. The number of nitrogens with one attached hydrogen (secondary N) is 2. The Balaban J connectivity index is 1.56. The van der Waals surface area contributed by atoms with Crippen molar-refractivity contribution in [3.05, 3.63) is 29.8 Å². The van der Waals surface area contributed by atoms with Crippen LogP contribution in [0.1, 0.15) is 11.6 Å². The number of ether oxygens (including phenoxy) is 1. The predicted molar refractivity (Wildman–Crippen MR) is 80.9 cm³/mol. The van der Waals surface area contributed by atoms with E-state index in [1.165, 1.54) is 0 Å². The molecule has 0 aliphatic carbocycles. The van der Waals surface area contributed by atoms with Gasteiger partial charge in [-0.3, -0.25) is 4.90 Å². The van der Waals surface area contributed by atoms with Crippen molar-refractivity contribution in [1.82, 2.24) is 14.9 Å². The van der Waals surface area contributed by atoms with Crippen molar-refractivity contribution in [3.8, 4) is 5.75 Å². The highest BCUT2D eigenvalue weighted by molar-refractivity contribution is 7.89. The lowest BCUT2D eigenvalue weighted by Crippen LogP contribution is -2.46. The van der Waals surface area contributed by atoms with Crippen LogP contribution in [0.2, 0.25) is 0 Å². The van der Waals surface area contributed by atoms with Crippen LogP contribution in [0.3, 0.4) is 0 Å². The van der Waals surface area contributed by atoms with Crippen molar-refractivity contribution >= 4 is 10.0 Å². The summed E-state index contributed by atoms with van der Waals surface area (Å²) in [6.07, 6.45) is 0. The smallest absolute Gasteiger partial charge is 0.213 e. The quantitative estimate of drug-likeness (QED) is 0.797. The van der Waals surface area contributed by atoms with Gasteiger partial charge in [0.05, 0.1) is 11.8 Å². The maximum absolute atomic E-state index is 12.2. The molecule has 2 aliphatic heterocycles. The summed E-state index contributed by atoms with van der Waals surface area (Å²) in [5, 5.41) is 3.26. The summed E-state index contributed by atoms with van der Waals surface area (Å²) < 4.78 is 32.7. The van der Waals surface area contributed by atoms with E-state index in [0.29, 0.717) is 13.2 Å². The van der Waals surface area contributed by atoms with Crippen molar-refractivity contribution in [3.63, 3.8) is 0 Å². The van der Waals surface area contributed by atoms with E-state index < -0.39 is 10.0 Å². The van der Waals surface area contributed by atoms with Crippen LogP contribution in [0.15, 0.2) is 24.3 Å². The number of fused-ring (bicyclic) bond motifs is 1. The average Bonchev–Trinajstić information content (AvgIpc) is 2.89. The Hall–Kier alpha value is -1.15. The highest BCUT2D eigenvalue weighted by atomic mass is 32.2. The molecule has 1 saturated heterocycles. The molecule has 0 aromatic heterocycles. The number of benzene rings is 1. The minimum absolute atomic E-state index is 0.131. The second-order valence-corrected chi connectivity index (χ2v) is 7.30. The lowest BCUT2D eigenvalue weighted by Gasteiger charge is -2.27. The van der Waals surface area contributed by atoms with E-state index in [1.807, 2.05) is 24.3 Å². The normalized spacial score (nSPS) is 22.8. The SMILES string of the molecule is O=S(=O)(CCN1CCNCC1)NC1COc2ccccc21. The summed E-state index contributed by atoms with van der Waals surface area (Å²) in [6, 6.07) is 7.29. The van der Waals surface area contributed by atoms with Crippen molar-refractivity contribution in [1.29, 1.82) is 0 Å². The summed E-state index contributed by atoms with van der Waals surface area (Å²) in [4.78, 5) is 2.18. The second-order valence-electron chi connectivity index (χ2n) is 5.43. The largest absolute Gasteiger partial charge is 0.491 e. The van der Waals surface area contributed by atoms with E-state index in [0.717, 1.165) is 37.5 Å². The minimum Gasteiger partial charge on any atom is -0.491 e. The Labute approximate surface area is 125 Å². The third kappa shape index (κ3) is 3.74. The van der Waals surface area contributed by atoms with E-state index in [9.17, 15) is 8.42 Å². The Morgan fingerprint density at radius 1 is 1.29 bits per heavy atom. The van der Waals surface area contributed by atoms with E-state index in [4.69, 9.17) is 4.74 Å². The number of nitrogens with zero attached hydrogens (tertiary/aromatic N) is 1. The molecule has 0 spiro atoms. The van der Waals surface area contributed by atoms with Crippen LogP contribution in [0, 0.1) is 0 Å². The van der Waals surface area contributed by atoms with Gasteiger partial charge in [0.25, 0.3) is 0 Å². The molecule has 2 N–H and O–H groups in total. The van der Waals surface area contributed by atoms with Crippen LogP contribution in [-0.4, -0.2) is 58.4 Å². The molecular formula is C14H21N3O3S. The fourth-order valence-corrected chi connectivity index (χ4v) is 3.96. The molecule has 1 fully saturated rings.